The molecule has 0 saturated carbocycles. The van der Waals surface area contributed by atoms with Crippen molar-refractivity contribution >= 4 is 5.97 Å². The molecule has 0 rings (SSSR count). The second-order valence-corrected chi connectivity index (χ2v) is 2.70. The molecule has 0 heterocycles. The highest BCUT2D eigenvalue weighted by Gasteiger charge is 2.00. The van der Waals surface area contributed by atoms with E-state index in [1.54, 1.807) is 6.08 Å². The average Bonchev–Trinajstić information content (AvgIpc) is 1.97. The third-order valence-electron chi connectivity index (χ3n) is 1.09. The first kappa shape index (κ1) is 11.0. The van der Waals surface area contributed by atoms with E-state index in [9.17, 15) is 4.79 Å². The number of rotatable bonds is 4. The topological polar surface area (TPSA) is 26.3 Å². The Morgan fingerprint density at radius 2 is 2.08 bits per heavy atom. The molecule has 0 saturated heterocycles. The van der Waals surface area contributed by atoms with E-state index in [0.29, 0.717) is 6.42 Å². The van der Waals surface area contributed by atoms with Crippen LogP contribution in [0, 0.1) is 0 Å². The molecule has 0 aromatic heterocycles. The van der Waals surface area contributed by atoms with Crippen molar-refractivity contribution in [2.45, 2.75) is 33.3 Å². The molecule has 0 aliphatic rings. The molecular weight excluding hydrogens is 152 g/mol. The predicted octanol–water partition coefficient (Wildman–Crippen LogP) is 2.46. The van der Waals surface area contributed by atoms with Gasteiger partial charge in [0.25, 0.3) is 0 Å². The van der Waals surface area contributed by atoms with E-state index in [2.05, 4.69) is 0 Å². The Morgan fingerprint density at radius 3 is 2.58 bits per heavy atom. The number of carbonyl (C=O) groups excluding carboxylic acids is 1. The Morgan fingerprint density at radius 1 is 1.42 bits per heavy atom. The lowest BCUT2D eigenvalue weighted by Gasteiger charge is -2.04. The van der Waals surface area contributed by atoms with Crippen LogP contribution in [0.4, 0.5) is 0 Å². The number of hydrogen-bond donors (Lipinski definition) is 0. The molecule has 0 radical (unpaired) electrons. The van der Waals surface area contributed by atoms with Crippen LogP contribution in [0.5, 0.6) is 0 Å². The lowest BCUT2D eigenvalue weighted by atomic mass is 10.3. The molecule has 0 aromatic rings. The summed E-state index contributed by atoms with van der Waals surface area (Å²) in [6.45, 7) is 5.61. The number of hydrogen-bond acceptors (Lipinski definition) is 2. The molecule has 0 aliphatic carbocycles. The number of ether oxygens (including phenoxy) is 1. The van der Waals surface area contributed by atoms with Crippen molar-refractivity contribution in [1.29, 1.82) is 0 Å². The first-order valence-electron chi connectivity index (χ1n) is 4.14. The van der Waals surface area contributed by atoms with Gasteiger partial charge < -0.3 is 4.74 Å². The van der Waals surface area contributed by atoms with Crippen LogP contribution in [0.15, 0.2) is 24.3 Å². The van der Waals surface area contributed by atoms with Crippen molar-refractivity contribution in [1.82, 2.24) is 0 Å². The molecule has 0 aliphatic heterocycles. The fourth-order valence-electron chi connectivity index (χ4n) is 0.665. The van der Waals surface area contributed by atoms with Gasteiger partial charge in [0.2, 0.25) is 0 Å². The molecule has 2 heteroatoms. The third-order valence-corrected chi connectivity index (χ3v) is 1.09. The highest BCUT2D eigenvalue weighted by Crippen LogP contribution is 1.94. The molecule has 0 bridgehead atoms. The van der Waals surface area contributed by atoms with Gasteiger partial charge in [-0.05, 0) is 20.8 Å². The first-order chi connectivity index (χ1) is 5.66. The van der Waals surface area contributed by atoms with Crippen LogP contribution in [0.1, 0.15) is 27.2 Å². The molecule has 0 spiro atoms. The fourth-order valence-corrected chi connectivity index (χ4v) is 0.665. The van der Waals surface area contributed by atoms with E-state index in [1.807, 2.05) is 39.0 Å². The van der Waals surface area contributed by atoms with Gasteiger partial charge in [0.05, 0.1) is 12.5 Å². The molecule has 0 fully saturated rings. The largest absolute Gasteiger partial charge is 0.463 e. The van der Waals surface area contributed by atoms with Crippen LogP contribution < -0.4 is 0 Å². The van der Waals surface area contributed by atoms with Gasteiger partial charge >= 0.3 is 5.97 Å². The minimum atomic E-state index is -0.175. The van der Waals surface area contributed by atoms with Crippen molar-refractivity contribution < 1.29 is 9.53 Å². The molecule has 12 heavy (non-hydrogen) atoms. The Hall–Kier alpha value is -1.05. The van der Waals surface area contributed by atoms with Crippen LogP contribution in [0.2, 0.25) is 0 Å². The minimum Gasteiger partial charge on any atom is -0.463 e. The van der Waals surface area contributed by atoms with Crippen molar-refractivity contribution in [3.63, 3.8) is 0 Å². The van der Waals surface area contributed by atoms with E-state index in [1.165, 1.54) is 0 Å². The molecule has 0 N–H and O–H groups in total. The summed E-state index contributed by atoms with van der Waals surface area (Å²) >= 11 is 0. The van der Waals surface area contributed by atoms with Gasteiger partial charge in [0, 0.05) is 0 Å². The number of allylic oxidation sites excluding steroid dienone is 3. The van der Waals surface area contributed by atoms with Crippen molar-refractivity contribution in [2.24, 2.45) is 0 Å². The molecule has 0 unspecified atom stereocenters. The molecule has 68 valence electrons. The SMILES string of the molecule is C/C=C/C=C/CC(=O)OC(C)C. The summed E-state index contributed by atoms with van der Waals surface area (Å²) in [7, 11) is 0. The Kier molecular flexibility index (Phi) is 6.07. The zero-order valence-electron chi connectivity index (χ0n) is 7.91. The maximum atomic E-state index is 10.9. The third kappa shape index (κ3) is 7.06. The highest BCUT2D eigenvalue weighted by atomic mass is 16.5. The Labute approximate surface area is 73.9 Å². The van der Waals surface area contributed by atoms with E-state index >= 15 is 0 Å². The Bertz CT molecular complexity index is 178. The molecule has 2 nitrogen and oxygen atoms in total. The van der Waals surface area contributed by atoms with Crippen LogP contribution in [-0.4, -0.2) is 12.1 Å². The monoisotopic (exact) mass is 168 g/mol. The summed E-state index contributed by atoms with van der Waals surface area (Å²) in [5.74, 6) is -0.175. The zero-order valence-corrected chi connectivity index (χ0v) is 7.91. The molecule has 0 aromatic carbocycles. The van der Waals surface area contributed by atoms with E-state index in [4.69, 9.17) is 4.74 Å². The first-order valence-corrected chi connectivity index (χ1v) is 4.14. The zero-order chi connectivity index (χ0) is 9.40. The number of esters is 1. The second-order valence-electron chi connectivity index (χ2n) is 2.70. The summed E-state index contributed by atoms with van der Waals surface area (Å²) in [6.07, 6.45) is 7.73. The summed E-state index contributed by atoms with van der Waals surface area (Å²) in [5.41, 5.74) is 0. The lowest BCUT2D eigenvalue weighted by Crippen LogP contribution is -2.09. The average molecular weight is 168 g/mol. The summed E-state index contributed by atoms with van der Waals surface area (Å²) in [6, 6.07) is 0. The van der Waals surface area contributed by atoms with Crippen LogP contribution in [0.25, 0.3) is 0 Å². The molecule has 0 atom stereocenters. The van der Waals surface area contributed by atoms with Gasteiger partial charge in [-0.2, -0.15) is 0 Å². The summed E-state index contributed by atoms with van der Waals surface area (Å²) in [5, 5.41) is 0. The van der Waals surface area contributed by atoms with Gasteiger partial charge in [-0.15, -0.1) is 0 Å². The van der Waals surface area contributed by atoms with Crippen molar-refractivity contribution in [3.05, 3.63) is 24.3 Å². The van der Waals surface area contributed by atoms with Gasteiger partial charge in [0.1, 0.15) is 0 Å². The quantitative estimate of drug-likeness (QED) is 0.476. The van der Waals surface area contributed by atoms with Gasteiger partial charge in [-0.1, -0.05) is 24.3 Å². The van der Waals surface area contributed by atoms with E-state index in [-0.39, 0.29) is 12.1 Å². The van der Waals surface area contributed by atoms with Gasteiger partial charge in [-0.25, -0.2) is 0 Å². The molecular formula is C10H16O2. The summed E-state index contributed by atoms with van der Waals surface area (Å²) in [4.78, 5) is 10.9. The predicted molar refractivity (Wildman–Crippen MR) is 49.8 cm³/mol. The summed E-state index contributed by atoms with van der Waals surface area (Å²) < 4.78 is 4.92. The normalized spacial score (nSPS) is 11.7. The van der Waals surface area contributed by atoms with Crippen LogP contribution >= 0.6 is 0 Å². The minimum absolute atomic E-state index is 0.0207. The second kappa shape index (κ2) is 6.65. The van der Waals surface area contributed by atoms with Gasteiger partial charge in [0.15, 0.2) is 0 Å². The lowest BCUT2D eigenvalue weighted by molar-refractivity contribution is -0.146. The standard InChI is InChI=1S/C10H16O2/c1-4-5-6-7-8-10(11)12-9(2)3/h4-7,9H,8H2,1-3H3/b5-4+,7-6+. The smallest absolute Gasteiger partial charge is 0.309 e. The van der Waals surface area contributed by atoms with Crippen molar-refractivity contribution in [2.75, 3.05) is 0 Å². The highest BCUT2D eigenvalue weighted by molar-refractivity contribution is 5.71. The molecule has 0 amide bonds. The Balaban J connectivity index is 3.57. The van der Waals surface area contributed by atoms with Crippen molar-refractivity contribution in [3.8, 4) is 0 Å². The maximum absolute atomic E-state index is 10.9. The maximum Gasteiger partial charge on any atom is 0.309 e. The van der Waals surface area contributed by atoms with Gasteiger partial charge in [-0.3, -0.25) is 4.79 Å². The van der Waals surface area contributed by atoms with Crippen LogP contribution in [-0.2, 0) is 9.53 Å². The van der Waals surface area contributed by atoms with Crippen LogP contribution in [0.3, 0.4) is 0 Å². The van der Waals surface area contributed by atoms with E-state index < -0.39 is 0 Å². The fraction of sp³-hybridized carbons (Fsp3) is 0.500. The number of carbonyl (C=O) groups is 1. The van der Waals surface area contributed by atoms with E-state index in [0.717, 1.165) is 0 Å².